The van der Waals surface area contributed by atoms with Crippen molar-refractivity contribution in [2.24, 2.45) is 0 Å². The van der Waals surface area contributed by atoms with E-state index in [1.54, 1.807) is 0 Å². The van der Waals surface area contributed by atoms with Gasteiger partial charge in [0, 0.05) is 24.8 Å². The molecule has 0 N–H and O–H groups in total. The van der Waals surface area contributed by atoms with E-state index in [1.807, 2.05) is 0 Å². The van der Waals surface area contributed by atoms with Crippen LogP contribution in [0.3, 0.4) is 0 Å². The summed E-state index contributed by atoms with van der Waals surface area (Å²) in [4.78, 5) is 0. The molecule has 0 saturated heterocycles. The van der Waals surface area contributed by atoms with Crippen LogP contribution in [0.2, 0.25) is 0 Å². The third-order valence-electron chi connectivity index (χ3n) is 4.48. The summed E-state index contributed by atoms with van der Waals surface area (Å²) in [5, 5.41) is 0. The highest BCUT2D eigenvalue weighted by Crippen LogP contribution is 2.35. The van der Waals surface area contributed by atoms with Crippen LogP contribution in [0.1, 0.15) is 23.2 Å². The second-order valence-corrected chi connectivity index (χ2v) is 5.97. The van der Waals surface area contributed by atoms with Gasteiger partial charge in [0.05, 0.1) is 12.1 Å². The van der Waals surface area contributed by atoms with E-state index in [4.69, 9.17) is 0 Å². The molecule has 0 aliphatic heterocycles. The Morgan fingerprint density at radius 2 is 0.750 bits per heavy atom. The second-order valence-electron chi connectivity index (χ2n) is 5.97. The average molecular weight is 312 g/mol. The van der Waals surface area contributed by atoms with E-state index in [2.05, 4.69) is 119 Å². The van der Waals surface area contributed by atoms with E-state index >= 15 is 0 Å². The Morgan fingerprint density at radius 3 is 1.08 bits per heavy atom. The van der Waals surface area contributed by atoms with Crippen molar-refractivity contribution in [3.8, 4) is 0 Å². The molecule has 4 rings (SSSR count). The van der Waals surface area contributed by atoms with Crippen molar-refractivity contribution < 1.29 is 0 Å². The molecule has 2 atom stereocenters. The van der Waals surface area contributed by atoms with E-state index < -0.39 is 0 Å². The predicted octanol–water partition coefficient (Wildman–Crippen LogP) is 5.17. The Bertz CT molecular complexity index is 771. The highest BCUT2D eigenvalue weighted by atomic mass is 15.1. The molecule has 2 unspecified atom stereocenters. The summed E-state index contributed by atoms with van der Waals surface area (Å²) in [6, 6.07) is 30.2. The predicted molar refractivity (Wildman–Crippen MR) is 98.0 cm³/mol. The third kappa shape index (κ3) is 2.79. The normalized spacial score (nSPS) is 13.5. The molecule has 2 nitrogen and oxygen atoms in total. The van der Waals surface area contributed by atoms with Crippen LogP contribution < -0.4 is 0 Å². The smallest absolute Gasteiger partial charge is 0.0828 e. The molecule has 2 heterocycles. The van der Waals surface area contributed by atoms with Gasteiger partial charge in [0.15, 0.2) is 0 Å². The minimum Gasteiger partial charge on any atom is -0.344 e. The van der Waals surface area contributed by atoms with E-state index in [0.717, 1.165) is 0 Å². The molecular weight excluding hydrogens is 292 g/mol. The van der Waals surface area contributed by atoms with E-state index in [-0.39, 0.29) is 12.1 Å². The van der Waals surface area contributed by atoms with Gasteiger partial charge in [-0.25, -0.2) is 0 Å². The monoisotopic (exact) mass is 312 g/mol. The van der Waals surface area contributed by atoms with Crippen molar-refractivity contribution in [3.63, 3.8) is 0 Å². The fraction of sp³-hybridized carbons (Fsp3) is 0.0909. The Hall–Kier alpha value is -3.00. The van der Waals surface area contributed by atoms with E-state index in [9.17, 15) is 0 Å². The fourth-order valence-electron chi connectivity index (χ4n) is 3.40. The first kappa shape index (κ1) is 14.6. The van der Waals surface area contributed by atoms with Crippen molar-refractivity contribution in [3.05, 3.63) is 121 Å². The van der Waals surface area contributed by atoms with Gasteiger partial charge in [0.2, 0.25) is 0 Å². The molecule has 0 fully saturated rings. The summed E-state index contributed by atoms with van der Waals surface area (Å²) in [7, 11) is 0. The fourth-order valence-corrected chi connectivity index (χ4v) is 3.40. The summed E-state index contributed by atoms with van der Waals surface area (Å²) in [5.74, 6) is 0. The number of hydrogen-bond acceptors (Lipinski definition) is 0. The van der Waals surface area contributed by atoms with Gasteiger partial charge in [-0.2, -0.15) is 0 Å². The van der Waals surface area contributed by atoms with Gasteiger partial charge >= 0.3 is 0 Å². The molecule has 2 heteroatoms. The maximum Gasteiger partial charge on any atom is 0.0828 e. The Morgan fingerprint density at radius 1 is 0.417 bits per heavy atom. The Kier molecular flexibility index (Phi) is 4.03. The lowest BCUT2D eigenvalue weighted by Crippen LogP contribution is -2.23. The summed E-state index contributed by atoms with van der Waals surface area (Å²) in [6.45, 7) is 0. The maximum absolute atomic E-state index is 2.30. The molecule has 4 aromatic rings. The quantitative estimate of drug-likeness (QED) is 0.481. The standard InChI is InChI=1S/C22H20N2/c1-3-11-19(12-4-1)21(23-15-7-8-16-23)22(24-17-9-10-18-24)20-13-5-2-6-14-20/h1-18,21-22H. The highest BCUT2D eigenvalue weighted by Gasteiger charge is 2.26. The highest BCUT2D eigenvalue weighted by molar-refractivity contribution is 5.30. The summed E-state index contributed by atoms with van der Waals surface area (Å²) in [5.41, 5.74) is 2.60. The maximum atomic E-state index is 2.30. The molecule has 0 radical (unpaired) electrons. The lowest BCUT2D eigenvalue weighted by Gasteiger charge is -2.31. The van der Waals surface area contributed by atoms with Crippen LogP contribution >= 0.6 is 0 Å². The SMILES string of the molecule is c1ccc(C(C(c2ccccc2)n2cccc2)n2cccc2)cc1. The minimum absolute atomic E-state index is 0.191. The number of hydrogen-bond donors (Lipinski definition) is 0. The second kappa shape index (κ2) is 6.63. The Balaban J connectivity index is 1.90. The molecule has 0 aliphatic carbocycles. The lowest BCUT2D eigenvalue weighted by molar-refractivity contribution is 0.424. The molecule has 0 amide bonds. The molecule has 0 bridgehead atoms. The summed E-state index contributed by atoms with van der Waals surface area (Å²) in [6.07, 6.45) is 8.60. The molecule has 0 saturated carbocycles. The van der Waals surface area contributed by atoms with E-state index in [0.29, 0.717) is 0 Å². The van der Waals surface area contributed by atoms with Crippen LogP contribution in [0.25, 0.3) is 0 Å². The third-order valence-corrected chi connectivity index (χ3v) is 4.48. The number of rotatable bonds is 5. The van der Waals surface area contributed by atoms with Crippen LogP contribution in [0.5, 0.6) is 0 Å². The van der Waals surface area contributed by atoms with E-state index in [1.165, 1.54) is 11.1 Å². The number of nitrogens with zero attached hydrogens (tertiary/aromatic N) is 2. The lowest BCUT2D eigenvalue weighted by atomic mass is 9.93. The molecule has 2 aromatic carbocycles. The zero-order valence-electron chi connectivity index (χ0n) is 13.4. The van der Waals surface area contributed by atoms with Gasteiger partial charge in [-0.1, -0.05) is 60.7 Å². The van der Waals surface area contributed by atoms with Crippen LogP contribution in [0, 0.1) is 0 Å². The first-order valence-corrected chi connectivity index (χ1v) is 8.28. The molecule has 0 aliphatic rings. The summed E-state index contributed by atoms with van der Waals surface area (Å²) < 4.78 is 4.60. The van der Waals surface area contributed by atoms with Crippen LogP contribution in [-0.4, -0.2) is 9.13 Å². The topological polar surface area (TPSA) is 9.86 Å². The zero-order chi connectivity index (χ0) is 16.2. The van der Waals surface area contributed by atoms with Gasteiger partial charge in [-0.3, -0.25) is 0 Å². The minimum atomic E-state index is 0.191. The molecule has 118 valence electrons. The van der Waals surface area contributed by atoms with Gasteiger partial charge in [-0.15, -0.1) is 0 Å². The molecule has 24 heavy (non-hydrogen) atoms. The van der Waals surface area contributed by atoms with Gasteiger partial charge in [0.1, 0.15) is 0 Å². The summed E-state index contributed by atoms with van der Waals surface area (Å²) >= 11 is 0. The first-order valence-electron chi connectivity index (χ1n) is 8.28. The Labute approximate surface area is 142 Å². The van der Waals surface area contributed by atoms with Crippen LogP contribution in [-0.2, 0) is 0 Å². The van der Waals surface area contributed by atoms with Gasteiger partial charge in [0.25, 0.3) is 0 Å². The van der Waals surface area contributed by atoms with Gasteiger partial charge < -0.3 is 9.13 Å². The van der Waals surface area contributed by atoms with Crippen molar-refractivity contribution in [2.45, 2.75) is 12.1 Å². The van der Waals surface area contributed by atoms with Gasteiger partial charge in [-0.05, 0) is 35.4 Å². The van der Waals surface area contributed by atoms with Crippen molar-refractivity contribution in [2.75, 3.05) is 0 Å². The number of aromatic nitrogens is 2. The van der Waals surface area contributed by atoms with Crippen molar-refractivity contribution in [1.82, 2.24) is 9.13 Å². The average Bonchev–Trinajstić information content (AvgIpc) is 3.35. The van der Waals surface area contributed by atoms with Crippen molar-refractivity contribution >= 4 is 0 Å². The van der Waals surface area contributed by atoms with Crippen LogP contribution in [0.4, 0.5) is 0 Å². The zero-order valence-corrected chi connectivity index (χ0v) is 13.4. The molecule has 0 spiro atoms. The molecule has 2 aromatic heterocycles. The first-order chi connectivity index (χ1) is 11.9. The number of benzene rings is 2. The largest absolute Gasteiger partial charge is 0.344 e. The van der Waals surface area contributed by atoms with Crippen LogP contribution in [0.15, 0.2) is 110 Å². The van der Waals surface area contributed by atoms with Crippen molar-refractivity contribution in [1.29, 1.82) is 0 Å². The molecular formula is C22H20N2.